The molecule has 1 aliphatic heterocycles. The molecule has 2 aromatic carbocycles. The molecule has 1 heterocycles. The number of benzene rings is 2. The topological polar surface area (TPSA) is 55.8 Å². The van der Waals surface area contributed by atoms with Crippen LogP contribution in [0.2, 0.25) is 0 Å². The number of aliphatic carboxylic acids is 1. The molecule has 0 bridgehead atoms. The minimum Gasteiger partial charge on any atom is -0.487 e. The molecule has 0 radical (unpaired) electrons. The number of para-hydroxylation sites is 1. The van der Waals surface area contributed by atoms with Gasteiger partial charge in [0.25, 0.3) is 0 Å². The Bertz CT molecular complexity index is 869. The summed E-state index contributed by atoms with van der Waals surface area (Å²) in [5.41, 5.74) is 1.76. The number of aryl methyl sites for hydroxylation is 1. The van der Waals surface area contributed by atoms with Crippen LogP contribution in [-0.2, 0) is 24.2 Å². The zero-order valence-electron chi connectivity index (χ0n) is 16.2. The maximum atomic E-state index is 14.4. The van der Waals surface area contributed by atoms with Crippen molar-refractivity contribution in [1.82, 2.24) is 0 Å². The van der Waals surface area contributed by atoms with Crippen molar-refractivity contribution >= 4 is 5.97 Å². The molecule has 1 atom stereocenters. The molecule has 4 nitrogen and oxygen atoms in total. The summed E-state index contributed by atoms with van der Waals surface area (Å²) in [7, 11) is 0. The summed E-state index contributed by atoms with van der Waals surface area (Å²) in [4.78, 5) is 10.9. The number of carboxylic acid groups (broad SMARTS) is 1. The van der Waals surface area contributed by atoms with Crippen molar-refractivity contribution in [2.45, 2.75) is 52.2 Å². The van der Waals surface area contributed by atoms with Gasteiger partial charge in [-0.05, 0) is 56.4 Å². The Hall–Kier alpha value is -2.63. The molecule has 2 aromatic rings. The van der Waals surface area contributed by atoms with Crippen LogP contribution in [0.15, 0.2) is 30.3 Å². The van der Waals surface area contributed by atoms with E-state index in [1.807, 2.05) is 32.0 Å². The van der Waals surface area contributed by atoms with E-state index in [9.17, 15) is 13.6 Å². The first-order chi connectivity index (χ1) is 13.2. The van der Waals surface area contributed by atoms with Crippen LogP contribution >= 0.6 is 0 Å². The van der Waals surface area contributed by atoms with E-state index >= 15 is 0 Å². The summed E-state index contributed by atoms with van der Waals surface area (Å²) >= 11 is 0. The Morgan fingerprint density at radius 3 is 2.61 bits per heavy atom. The lowest BCUT2D eigenvalue weighted by molar-refractivity contribution is -0.141. The molecule has 0 fully saturated rings. The van der Waals surface area contributed by atoms with E-state index in [0.29, 0.717) is 5.75 Å². The van der Waals surface area contributed by atoms with Crippen LogP contribution in [-0.4, -0.2) is 16.7 Å². The molecule has 150 valence electrons. The van der Waals surface area contributed by atoms with E-state index in [-0.39, 0.29) is 24.2 Å². The van der Waals surface area contributed by atoms with Crippen LogP contribution in [0.1, 0.15) is 43.9 Å². The van der Waals surface area contributed by atoms with Gasteiger partial charge in [-0.15, -0.1) is 0 Å². The average Bonchev–Trinajstić information content (AvgIpc) is 2.60. The number of fused-ring (bicyclic) bond motifs is 1. The largest absolute Gasteiger partial charge is 0.487 e. The summed E-state index contributed by atoms with van der Waals surface area (Å²) in [5.74, 6) is -3.21. The Kier molecular flexibility index (Phi) is 5.59. The van der Waals surface area contributed by atoms with Gasteiger partial charge in [0, 0.05) is 5.56 Å². The highest BCUT2D eigenvalue weighted by atomic mass is 19.1. The number of rotatable bonds is 6. The van der Waals surface area contributed by atoms with Crippen LogP contribution in [0.4, 0.5) is 8.78 Å². The first-order valence-electron chi connectivity index (χ1n) is 9.29. The smallest absolute Gasteiger partial charge is 0.306 e. The first kappa shape index (κ1) is 20.1. The molecule has 3 rings (SSSR count). The normalized spacial score (nSPS) is 16.0. The fourth-order valence-electron chi connectivity index (χ4n) is 3.30. The highest BCUT2D eigenvalue weighted by Gasteiger charge is 2.28. The maximum absolute atomic E-state index is 14.4. The number of hydrogen-bond donors (Lipinski definition) is 1. The minimum absolute atomic E-state index is 0.0298. The molecule has 0 aliphatic carbocycles. The van der Waals surface area contributed by atoms with E-state index in [0.717, 1.165) is 36.1 Å². The molecule has 1 aliphatic rings. The molecule has 0 amide bonds. The Morgan fingerprint density at radius 2 is 1.96 bits per heavy atom. The number of ether oxygens (including phenoxy) is 2. The van der Waals surface area contributed by atoms with Gasteiger partial charge in [-0.2, -0.15) is 0 Å². The van der Waals surface area contributed by atoms with Gasteiger partial charge in [-0.1, -0.05) is 25.1 Å². The monoisotopic (exact) mass is 390 g/mol. The number of carbonyl (C=O) groups is 1. The number of hydrogen-bond acceptors (Lipinski definition) is 3. The molecule has 0 aromatic heterocycles. The van der Waals surface area contributed by atoms with E-state index in [4.69, 9.17) is 14.6 Å². The summed E-state index contributed by atoms with van der Waals surface area (Å²) in [6, 6.07) is 7.92. The summed E-state index contributed by atoms with van der Waals surface area (Å²) < 4.78 is 40.3. The second-order valence-electron chi connectivity index (χ2n) is 7.89. The lowest BCUT2D eigenvalue weighted by atomic mass is 9.93. The van der Waals surface area contributed by atoms with E-state index in [1.54, 1.807) is 0 Å². The molecule has 1 unspecified atom stereocenters. The summed E-state index contributed by atoms with van der Waals surface area (Å²) in [6.07, 6.45) is 1.80. The highest BCUT2D eigenvalue weighted by Crippen LogP contribution is 2.36. The lowest BCUT2D eigenvalue weighted by Crippen LogP contribution is -2.33. The molecule has 6 heteroatoms. The molecular weight excluding hydrogens is 366 g/mol. The molecule has 0 saturated heterocycles. The zero-order chi connectivity index (χ0) is 20.5. The second kappa shape index (κ2) is 7.78. The molecule has 0 saturated carbocycles. The quantitative estimate of drug-likeness (QED) is 0.761. The summed E-state index contributed by atoms with van der Waals surface area (Å²) in [6.45, 7) is 5.47. The third kappa shape index (κ3) is 4.43. The minimum atomic E-state index is -1.02. The van der Waals surface area contributed by atoms with Crippen molar-refractivity contribution in [2.24, 2.45) is 5.92 Å². The van der Waals surface area contributed by atoms with Gasteiger partial charge >= 0.3 is 5.97 Å². The predicted molar refractivity (Wildman–Crippen MR) is 101 cm³/mol. The summed E-state index contributed by atoms with van der Waals surface area (Å²) in [5, 5.41) is 8.96. The predicted octanol–water partition coefficient (Wildman–Crippen LogP) is 4.91. The van der Waals surface area contributed by atoms with E-state index < -0.39 is 29.3 Å². The lowest BCUT2D eigenvalue weighted by Gasteiger charge is -2.33. The van der Waals surface area contributed by atoms with Crippen LogP contribution in [0.25, 0.3) is 0 Å². The van der Waals surface area contributed by atoms with Crippen LogP contribution in [0.5, 0.6) is 11.5 Å². The van der Waals surface area contributed by atoms with E-state index in [1.165, 1.54) is 6.92 Å². The van der Waals surface area contributed by atoms with Gasteiger partial charge in [0.1, 0.15) is 18.0 Å². The van der Waals surface area contributed by atoms with Crippen molar-refractivity contribution in [3.05, 3.63) is 58.7 Å². The van der Waals surface area contributed by atoms with Crippen molar-refractivity contribution in [2.75, 3.05) is 0 Å². The Labute approximate surface area is 163 Å². The van der Waals surface area contributed by atoms with Crippen molar-refractivity contribution in [3.63, 3.8) is 0 Å². The molecule has 28 heavy (non-hydrogen) atoms. The fourth-order valence-corrected chi connectivity index (χ4v) is 3.30. The van der Waals surface area contributed by atoms with Gasteiger partial charge in [0.05, 0.1) is 5.92 Å². The van der Waals surface area contributed by atoms with Crippen molar-refractivity contribution < 1.29 is 28.2 Å². The van der Waals surface area contributed by atoms with Crippen LogP contribution in [0.3, 0.4) is 0 Å². The fraction of sp³-hybridized carbons (Fsp3) is 0.409. The number of halogens is 2. The second-order valence-corrected chi connectivity index (χ2v) is 7.89. The van der Waals surface area contributed by atoms with E-state index in [2.05, 4.69) is 0 Å². The van der Waals surface area contributed by atoms with Crippen LogP contribution in [0, 0.1) is 17.6 Å². The average molecular weight is 390 g/mol. The van der Waals surface area contributed by atoms with Crippen molar-refractivity contribution in [3.8, 4) is 11.5 Å². The maximum Gasteiger partial charge on any atom is 0.306 e. The third-order valence-corrected chi connectivity index (χ3v) is 4.95. The molecule has 0 spiro atoms. The molecule has 1 N–H and O–H groups in total. The Balaban J connectivity index is 1.78. The zero-order valence-corrected chi connectivity index (χ0v) is 16.2. The third-order valence-electron chi connectivity index (χ3n) is 4.95. The van der Waals surface area contributed by atoms with Crippen molar-refractivity contribution in [1.29, 1.82) is 0 Å². The first-order valence-corrected chi connectivity index (χ1v) is 9.29. The van der Waals surface area contributed by atoms with Gasteiger partial charge in [-0.25, -0.2) is 8.78 Å². The standard InChI is InChI=1S/C22H24F2O4/c1-13(21(25)26)9-14-10-17(23)20(18(24)11-14)27-12-16-6-4-5-15-7-8-22(2,3)28-19(15)16/h4-6,10-11,13H,7-9,12H2,1-3H3,(H,25,26). The molecular formula is C22H24F2O4. The Morgan fingerprint density at radius 1 is 1.29 bits per heavy atom. The van der Waals surface area contributed by atoms with Gasteiger partial charge < -0.3 is 14.6 Å². The highest BCUT2D eigenvalue weighted by molar-refractivity contribution is 5.69. The van der Waals surface area contributed by atoms with Crippen LogP contribution < -0.4 is 9.47 Å². The van der Waals surface area contributed by atoms with Gasteiger partial charge in [0.15, 0.2) is 17.4 Å². The van der Waals surface area contributed by atoms with Gasteiger partial charge in [-0.3, -0.25) is 4.79 Å². The SMILES string of the molecule is CC(Cc1cc(F)c(OCc2cccc3c2OC(C)(C)CC3)c(F)c1)C(=O)O. The number of carboxylic acids is 1. The van der Waals surface area contributed by atoms with Gasteiger partial charge in [0.2, 0.25) is 0 Å².